The molecule has 2 rings (SSSR count). The molecule has 0 aliphatic carbocycles. The highest BCUT2D eigenvalue weighted by Crippen LogP contribution is 2.15. The number of ether oxygens (including phenoxy) is 1. The van der Waals surface area contributed by atoms with Crippen LogP contribution >= 0.6 is 11.8 Å². The van der Waals surface area contributed by atoms with Gasteiger partial charge in [-0.25, -0.2) is 4.39 Å². The monoisotopic (exact) mass is 319 g/mol. The van der Waals surface area contributed by atoms with Crippen LogP contribution in [0, 0.1) is 5.82 Å². The van der Waals surface area contributed by atoms with Crippen molar-refractivity contribution >= 4 is 17.7 Å². The van der Waals surface area contributed by atoms with E-state index in [4.69, 9.17) is 4.74 Å². The smallest absolute Gasteiger partial charge is 0.251 e. The first kappa shape index (κ1) is 16.4. The van der Waals surface area contributed by atoms with Crippen molar-refractivity contribution in [2.24, 2.45) is 0 Å². The van der Waals surface area contributed by atoms with E-state index in [0.717, 1.165) is 5.75 Å². The van der Waals surface area contributed by atoms with Crippen LogP contribution in [-0.4, -0.2) is 25.3 Å². The van der Waals surface area contributed by atoms with E-state index in [2.05, 4.69) is 5.32 Å². The van der Waals surface area contributed by atoms with Crippen LogP contribution < -0.4 is 10.1 Å². The minimum atomic E-state index is -0.185. The highest BCUT2D eigenvalue weighted by atomic mass is 32.2. The zero-order chi connectivity index (χ0) is 15.8. The summed E-state index contributed by atoms with van der Waals surface area (Å²) in [6, 6.07) is 13.7. The van der Waals surface area contributed by atoms with Crippen molar-refractivity contribution < 1.29 is 13.9 Å². The highest BCUT2D eigenvalue weighted by Gasteiger charge is 2.06. The molecule has 0 heterocycles. The van der Waals surface area contributed by atoms with E-state index in [-0.39, 0.29) is 11.7 Å². The number of methoxy groups -OCH3 is 1. The lowest BCUT2D eigenvalue weighted by Crippen LogP contribution is -2.25. The maximum absolute atomic E-state index is 13.4. The maximum Gasteiger partial charge on any atom is 0.251 e. The van der Waals surface area contributed by atoms with Crippen molar-refractivity contribution in [3.05, 3.63) is 65.5 Å². The predicted octanol–water partition coefficient (Wildman–Crippen LogP) is 3.50. The van der Waals surface area contributed by atoms with E-state index in [1.807, 2.05) is 6.07 Å². The number of amides is 1. The molecule has 0 saturated carbocycles. The van der Waals surface area contributed by atoms with Gasteiger partial charge in [-0.3, -0.25) is 4.79 Å². The Morgan fingerprint density at radius 1 is 1.23 bits per heavy atom. The largest absolute Gasteiger partial charge is 0.497 e. The van der Waals surface area contributed by atoms with Gasteiger partial charge >= 0.3 is 0 Å². The van der Waals surface area contributed by atoms with E-state index >= 15 is 0 Å². The maximum atomic E-state index is 13.4. The van der Waals surface area contributed by atoms with E-state index in [0.29, 0.717) is 29.2 Å². The fourth-order valence-electron chi connectivity index (χ4n) is 1.90. The number of thioether (sulfide) groups is 1. The number of halogens is 1. The van der Waals surface area contributed by atoms with Gasteiger partial charge < -0.3 is 10.1 Å². The van der Waals surface area contributed by atoms with Gasteiger partial charge in [0.2, 0.25) is 0 Å². The van der Waals surface area contributed by atoms with Crippen molar-refractivity contribution in [1.29, 1.82) is 0 Å². The van der Waals surface area contributed by atoms with Crippen LogP contribution in [0.15, 0.2) is 48.5 Å². The molecule has 3 nitrogen and oxygen atoms in total. The molecule has 116 valence electrons. The Bertz CT molecular complexity index is 634. The molecule has 0 aliphatic heterocycles. The molecule has 1 N–H and O–H groups in total. The third kappa shape index (κ3) is 4.77. The summed E-state index contributed by atoms with van der Waals surface area (Å²) in [4.78, 5) is 12.0. The van der Waals surface area contributed by atoms with Crippen LogP contribution in [0.1, 0.15) is 15.9 Å². The zero-order valence-electron chi connectivity index (χ0n) is 12.3. The first-order valence-corrected chi connectivity index (χ1v) is 8.09. The number of benzene rings is 2. The summed E-state index contributed by atoms with van der Waals surface area (Å²) in [6.45, 7) is 0.537. The molecule has 0 fully saturated rings. The van der Waals surface area contributed by atoms with Gasteiger partial charge in [0.15, 0.2) is 0 Å². The van der Waals surface area contributed by atoms with Gasteiger partial charge in [-0.1, -0.05) is 24.3 Å². The lowest BCUT2D eigenvalue weighted by Gasteiger charge is -2.07. The van der Waals surface area contributed by atoms with Crippen molar-refractivity contribution in [2.45, 2.75) is 5.75 Å². The van der Waals surface area contributed by atoms with Crippen molar-refractivity contribution in [3.63, 3.8) is 0 Å². The lowest BCUT2D eigenvalue weighted by molar-refractivity contribution is 0.0956. The molecule has 1 amide bonds. The van der Waals surface area contributed by atoms with Crippen molar-refractivity contribution in [3.8, 4) is 5.75 Å². The molecule has 5 heteroatoms. The summed E-state index contributed by atoms with van der Waals surface area (Å²) in [6.07, 6.45) is 0. The van der Waals surface area contributed by atoms with Crippen LogP contribution in [0.4, 0.5) is 4.39 Å². The summed E-state index contributed by atoms with van der Waals surface area (Å²) < 4.78 is 18.5. The zero-order valence-corrected chi connectivity index (χ0v) is 13.2. The Hall–Kier alpha value is -2.01. The molecular formula is C17H18FNO2S. The van der Waals surface area contributed by atoms with Crippen LogP contribution in [0.25, 0.3) is 0 Å². The standard InChI is InChI=1S/C17H18FNO2S/c1-21-15-7-4-6-13(11-15)17(20)19-9-10-22-12-14-5-2-3-8-16(14)18/h2-8,11H,9-10,12H2,1H3,(H,19,20). The number of rotatable bonds is 7. The summed E-state index contributed by atoms with van der Waals surface area (Å²) in [5.41, 5.74) is 1.25. The van der Waals surface area contributed by atoms with Gasteiger partial charge in [0.05, 0.1) is 7.11 Å². The number of carbonyl (C=O) groups excluding carboxylic acids is 1. The SMILES string of the molecule is COc1cccc(C(=O)NCCSCc2ccccc2F)c1. The molecule has 0 bridgehead atoms. The minimum absolute atomic E-state index is 0.134. The average molecular weight is 319 g/mol. The summed E-state index contributed by atoms with van der Waals surface area (Å²) in [7, 11) is 1.57. The van der Waals surface area contributed by atoms with Crippen molar-refractivity contribution in [1.82, 2.24) is 5.32 Å². The Labute approximate surface area is 133 Å². The second-order valence-corrected chi connectivity index (χ2v) is 5.74. The van der Waals surface area contributed by atoms with E-state index in [9.17, 15) is 9.18 Å². The predicted molar refractivity (Wildman–Crippen MR) is 87.9 cm³/mol. The quantitative estimate of drug-likeness (QED) is 0.794. The molecule has 2 aromatic carbocycles. The molecule has 0 aliphatic rings. The summed E-state index contributed by atoms with van der Waals surface area (Å²) in [5.74, 6) is 1.66. The molecule has 2 aromatic rings. The molecule has 0 unspecified atom stereocenters. The molecule has 0 atom stereocenters. The first-order chi connectivity index (χ1) is 10.7. The fourth-order valence-corrected chi connectivity index (χ4v) is 2.75. The fraction of sp³-hybridized carbons (Fsp3) is 0.235. The lowest BCUT2D eigenvalue weighted by atomic mass is 10.2. The molecule has 0 spiro atoms. The summed E-state index contributed by atoms with van der Waals surface area (Å²) >= 11 is 1.59. The minimum Gasteiger partial charge on any atom is -0.497 e. The summed E-state index contributed by atoms with van der Waals surface area (Å²) in [5, 5.41) is 2.84. The van der Waals surface area contributed by atoms with Gasteiger partial charge in [0.25, 0.3) is 5.91 Å². The van der Waals surface area contributed by atoms with Gasteiger partial charge in [0, 0.05) is 23.6 Å². The van der Waals surface area contributed by atoms with E-state index in [1.165, 1.54) is 6.07 Å². The van der Waals surface area contributed by atoms with E-state index < -0.39 is 0 Å². The highest BCUT2D eigenvalue weighted by molar-refractivity contribution is 7.98. The number of nitrogens with one attached hydrogen (secondary N) is 1. The van der Waals surface area contributed by atoms with Crippen LogP contribution in [-0.2, 0) is 5.75 Å². The van der Waals surface area contributed by atoms with Crippen LogP contribution in [0.3, 0.4) is 0 Å². The normalized spacial score (nSPS) is 10.3. The Balaban J connectivity index is 1.72. The molecular weight excluding hydrogens is 301 g/mol. The number of carbonyl (C=O) groups is 1. The van der Waals surface area contributed by atoms with Gasteiger partial charge in [-0.2, -0.15) is 11.8 Å². The first-order valence-electron chi connectivity index (χ1n) is 6.94. The molecule has 22 heavy (non-hydrogen) atoms. The third-order valence-electron chi connectivity index (χ3n) is 3.08. The van der Waals surface area contributed by atoms with Crippen LogP contribution in [0.2, 0.25) is 0 Å². The Kier molecular flexibility index (Phi) is 6.27. The van der Waals surface area contributed by atoms with Gasteiger partial charge in [-0.05, 0) is 29.8 Å². The number of hydrogen-bond donors (Lipinski definition) is 1. The second-order valence-electron chi connectivity index (χ2n) is 4.63. The molecule has 0 radical (unpaired) electrons. The topological polar surface area (TPSA) is 38.3 Å². The van der Waals surface area contributed by atoms with Crippen molar-refractivity contribution in [2.75, 3.05) is 19.4 Å². The molecule has 0 aromatic heterocycles. The molecule has 0 saturated heterocycles. The third-order valence-corrected chi connectivity index (χ3v) is 4.09. The Morgan fingerprint density at radius 3 is 2.82 bits per heavy atom. The van der Waals surface area contributed by atoms with E-state index in [1.54, 1.807) is 55.3 Å². The van der Waals surface area contributed by atoms with Gasteiger partial charge in [0.1, 0.15) is 11.6 Å². The number of hydrogen-bond acceptors (Lipinski definition) is 3. The van der Waals surface area contributed by atoms with Gasteiger partial charge in [-0.15, -0.1) is 0 Å². The second kappa shape index (κ2) is 8.44. The van der Waals surface area contributed by atoms with Crippen LogP contribution in [0.5, 0.6) is 5.75 Å². The average Bonchev–Trinajstić information content (AvgIpc) is 2.56. The Morgan fingerprint density at radius 2 is 2.05 bits per heavy atom.